The number of piperazine rings is 1. The Labute approximate surface area is 186 Å². The zero-order chi connectivity index (χ0) is 22.2. The molecule has 3 unspecified atom stereocenters. The van der Waals surface area contributed by atoms with Gasteiger partial charge in [0.2, 0.25) is 5.91 Å². The predicted octanol–water partition coefficient (Wildman–Crippen LogP) is 2.26. The number of nitriles is 1. The van der Waals surface area contributed by atoms with E-state index in [1.165, 1.54) is 0 Å². The average molecular weight is 431 g/mol. The number of pyridine rings is 1. The number of fused-ring (bicyclic) bond motifs is 3. The van der Waals surface area contributed by atoms with E-state index in [4.69, 9.17) is 10.5 Å². The van der Waals surface area contributed by atoms with E-state index in [2.05, 4.69) is 28.0 Å². The number of benzene rings is 1. The molecule has 1 amide bonds. The number of carbonyl (C=O) groups is 1. The Hall–Kier alpha value is -3.41. The highest BCUT2D eigenvalue weighted by molar-refractivity contribution is 5.88. The van der Waals surface area contributed by atoms with Crippen molar-refractivity contribution in [2.24, 2.45) is 11.7 Å². The molecule has 32 heavy (non-hydrogen) atoms. The molecule has 0 saturated carbocycles. The smallest absolute Gasteiger partial charge is 0.227 e. The summed E-state index contributed by atoms with van der Waals surface area (Å²) in [6.45, 7) is 2.10. The van der Waals surface area contributed by atoms with Crippen molar-refractivity contribution in [3.8, 4) is 17.6 Å². The summed E-state index contributed by atoms with van der Waals surface area (Å²) in [5.74, 6) is 1.18. The number of carbonyl (C=O) groups excluding carboxylic acids is 1. The number of nitrogens with one attached hydrogen (secondary N) is 1. The molecule has 2 saturated heterocycles. The number of aromatic nitrogens is 2. The first kappa shape index (κ1) is 20.5. The Morgan fingerprint density at radius 3 is 2.78 bits per heavy atom. The van der Waals surface area contributed by atoms with Gasteiger partial charge in [-0.1, -0.05) is 12.1 Å². The van der Waals surface area contributed by atoms with E-state index in [0.717, 1.165) is 25.1 Å². The second kappa shape index (κ2) is 8.26. The lowest BCUT2D eigenvalue weighted by molar-refractivity contribution is -0.137. The van der Waals surface area contributed by atoms with E-state index in [-0.39, 0.29) is 11.8 Å². The number of hydrogen-bond acceptors (Lipinski definition) is 6. The van der Waals surface area contributed by atoms with Crippen molar-refractivity contribution < 1.29 is 9.53 Å². The van der Waals surface area contributed by atoms with Crippen LogP contribution in [0.3, 0.4) is 0 Å². The maximum absolute atomic E-state index is 13.1. The average Bonchev–Trinajstić information content (AvgIpc) is 3.52. The zero-order valence-corrected chi connectivity index (χ0v) is 18.0. The largest absolute Gasteiger partial charge is 0.456 e. The minimum Gasteiger partial charge on any atom is -0.456 e. The molecule has 164 valence electrons. The molecule has 2 aliphatic rings. The Morgan fingerprint density at radius 1 is 1.31 bits per heavy atom. The molecule has 0 radical (unpaired) electrons. The van der Waals surface area contributed by atoms with E-state index in [0.29, 0.717) is 53.1 Å². The summed E-state index contributed by atoms with van der Waals surface area (Å²) in [4.78, 5) is 24.7. The highest BCUT2D eigenvalue weighted by Gasteiger charge is 2.44. The highest BCUT2D eigenvalue weighted by Crippen LogP contribution is 2.32. The fraction of sp³-hybridized carbons (Fsp3) is 0.375. The summed E-state index contributed by atoms with van der Waals surface area (Å²) in [6, 6.07) is 12.4. The molecule has 2 bridgehead atoms. The molecular formula is C24H26N6O2. The van der Waals surface area contributed by atoms with Crippen molar-refractivity contribution in [3.05, 3.63) is 53.9 Å². The quantitative estimate of drug-likeness (QED) is 0.621. The van der Waals surface area contributed by atoms with E-state index in [9.17, 15) is 10.1 Å². The van der Waals surface area contributed by atoms with Crippen molar-refractivity contribution in [2.75, 3.05) is 26.7 Å². The number of nitrogens with two attached hydrogens (primary N) is 1. The molecule has 2 fully saturated rings. The maximum atomic E-state index is 13.1. The summed E-state index contributed by atoms with van der Waals surface area (Å²) in [5, 5.41) is 10.00. The lowest BCUT2D eigenvalue weighted by atomic mass is 9.97. The van der Waals surface area contributed by atoms with Crippen LogP contribution in [0.2, 0.25) is 0 Å². The van der Waals surface area contributed by atoms with Crippen LogP contribution < -0.4 is 10.5 Å². The van der Waals surface area contributed by atoms with E-state index in [1.807, 2.05) is 29.2 Å². The SMILES string of the molecule is CN1CC2CC1CN2C(=O)C(CN)Cc1ccc(Oc2ccnc3[nH]cc(C#N)c23)cc1. The van der Waals surface area contributed by atoms with Gasteiger partial charge in [-0.2, -0.15) is 5.26 Å². The van der Waals surface area contributed by atoms with Gasteiger partial charge in [0, 0.05) is 44.1 Å². The molecule has 4 heterocycles. The lowest BCUT2D eigenvalue weighted by Crippen LogP contribution is -2.50. The van der Waals surface area contributed by atoms with Crippen LogP contribution in [0.1, 0.15) is 17.5 Å². The summed E-state index contributed by atoms with van der Waals surface area (Å²) in [6.07, 6.45) is 4.95. The first-order valence-corrected chi connectivity index (χ1v) is 10.9. The minimum atomic E-state index is -0.218. The number of ether oxygens (including phenoxy) is 1. The minimum absolute atomic E-state index is 0.170. The summed E-state index contributed by atoms with van der Waals surface area (Å²) < 4.78 is 6.04. The van der Waals surface area contributed by atoms with Gasteiger partial charge in [-0.05, 0) is 43.7 Å². The Kier molecular flexibility index (Phi) is 5.29. The van der Waals surface area contributed by atoms with Crippen LogP contribution in [0.15, 0.2) is 42.7 Å². The number of aromatic amines is 1. The molecule has 3 aromatic rings. The van der Waals surface area contributed by atoms with Crippen molar-refractivity contribution in [3.63, 3.8) is 0 Å². The number of nitrogens with zero attached hydrogens (tertiary/aromatic N) is 4. The van der Waals surface area contributed by atoms with Crippen LogP contribution in [0.4, 0.5) is 0 Å². The molecule has 5 rings (SSSR count). The van der Waals surface area contributed by atoms with E-state index < -0.39 is 0 Å². The van der Waals surface area contributed by atoms with Gasteiger partial charge in [-0.25, -0.2) is 4.98 Å². The van der Waals surface area contributed by atoms with Crippen LogP contribution >= 0.6 is 0 Å². The Balaban J connectivity index is 1.27. The first-order chi connectivity index (χ1) is 15.6. The van der Waals surface area contributed by atoms with E-state index >= 15 is 0 Å². The number of rotatable bonds is 6. The van der Waals surface area contributed by atoms with Gasteiger partial charge in [0.05, 0.1) is 16.9 Å². The van der Waals surface area contributed by atoms with Gasteiger partial charge in [0.1, 0.15) is 23.2 Å². The fourth-order valence-corrected chi connectivity index (χ4v) is 4.95. The van der Waals surface area contributed by atoms with Crippen LogP contribution in [-0.2, 0) is 11.2 Å². The van der Waals surface area contributed by atoms with Crippen LogP contribution in [0.25, 0.3) is 11.0 Å². The number of hydrogen-bond donors (Lipinski definition) is 2. The monoisotopic (exact) mass is 430 g/mol. The predicted molar refractivity (Wildman–Crippen MR) is 120 cm³/mol. The molecule has 0 aliphatic carbocycles. The molecule has 2 aliphatic heterocycles. The van der Waals surface area contributed by atoms with Crippen molar-refractivity contribution in [1.29, 1.82) is 5.26 Å². The molecule has 3 N–H and O–H groups in total. The third-order valence-corrected chi connectivity index (χ3v) is 6.72. The van der Waals surface area contributed by atoms with Crippen LogP contribution in [0, 0.1) is 17.2 Å². The highest BCUT2D eigenvalue weighted by atomic mass is 16.5. The summed E-state index contributed by atoms with van der Waals surface area (Å²) in [7, 11) is 2.13. The molecule has 3 atom stereocenters. The molecular weight excluding hydrogens is 404 g/mol. The normalized spacial score (nSPS) is 21.1. The number of likely N-dealkylation sites (tertiary alicyclic amines) is 2. The molecule has 1 aromatic carbocycles. The molecule has 8 heteroatoms. The number of H-pyrrole nitrogens is 1. The van der Waals surface area contributed by atoms with Crippen LogP contribution in [0.5, 0.6) is 11.5 Å². The van der Waals surface area contributed by atoms with E-state index in [1.54, 1.807) is 18.5 Å². The van der Waals surface area contributed by atoms with Gasteiger partial charge in [0.25, 0.3) is 0 Å². The maximum Gasteiger partial charge on any atom is 0.227 e. The van der Waals surface area contributed by atoms with Gasteiger partial charge in [0.15, 0.2) is 0 Å². The van der Waals surface area contributed by atoms with Crippen molar-refractivity contribution >= 4 is 16.9 Å². The standard InChI is InChI=1S/C24H26N6O2/c1-29-13-19-9-18(29)14-30(19)24(31)16(10-25)8-15-2-4-20(5-3-15)32-21-6-7-27-23-22(21)17(11-26)12-28-23/h2-7,12,16,18-19H,8-10,13-14,25H2,1H3,(H,27,28). The third kappa shape index (κ3) is 3.60. The zero-order valence-electron chi connectivity index (χ0n) is 18.0. The molecule has 8 nitrogen and oxygen atoms in total. The Bertz CT molecular complexity index is 1180. The number of amides is 1. The second-order valence-corrected chi connectivity index (χ2v) is 8.70. The third-order valence-electron chi connectivity index (χ3n) is 6.72. The Morgan fingerprint density at radius 2 is 2.12 bits per heavy atom. The van der Waals surface area contributed by atoms with Crippen molar-refractivity contribution in [2.45, 2.75) is 24.9 Å². The first-order valence-electron chi connectivity index (χ1n) is 10.9. The van der Waals surface area contributed by atoms with Crippen molar-refractivity contribution in [1.82, 2.24) is 19.8 Å². The van der Waals surface area contributed by atoms with Crippen LogP contribution in [-0.4, -0.2) is 64.4 Å². The van der Waals surface area contributed by atoms with Gasteiger partial charge in [-0.3, -0.25) is 9.69 Å². The second-order valence-electron chi connectivity index (χ2n) is 8.70. The molecule has 0 spiro atoms. The van der Waals surface area contributed by atoms with Gasteiger partial charge < -0.3 is 20.4 Å². The van der Waals surface area contributed by atoms with Gasteiger partial charge >= 0.3 is 0 Å². The summed E-state index contributed by atoms with van der Waals surface area (Å²) >= 11 is 0. The summed E-state index contributed by atoms with van der Waals surface area (Å²) in [5.41, 5.74) is 8.15. The number of likely N-dealkylation sites (N-methyl/N-ethyl adjacent to an activating group) is 1. The van der Waals surface area contributed by atoms with Gasteiger partial charge in [-0.15, -0.1) is 0 Å². The fourth-order valence-electron chi connectivity index (χ4n) is 4.95. The lowest BCUT2D eigenvalue weighted by Gasteiger charge is -2.34. The molecule has 2 aromatic heterocycles. The topological polar surface area (TPSA) is 111 Å².